The van der Waals surface area contributed by atoms with E-state index in [1.165, 1.54) is 0 Å². The lowest BCUT2D eigenvalue weighted by molar-refractivity contribution is 0.266. The first-order valence-electron chi connectivity index (χ1n) is 7.57. The third-order valence-electron chi connectivity index (χ3n) is 4.06. The van der Waals surface area contributed by atoms with Gasteiger partial charge in [-0.2, -0.15) is 0 Å². The third-order valence-corrected chi connectivity index (χ3v) is 4.90. The van der Waals surface area contributed by atoms with Crippen LogP contribution in [0.25, 0.3) is 0 Å². The second kappa shape index (κ2) is 7.02. The minimum atomic E-state index is 0.180. The van der Waals surface area contributed by atoms with Crippen molar-refractivity contribution in [1.82, 2.24) is 15.0 Å². The molecule has 3 heterocycles. The fraction of sp³-hybridized carbons (Fsp3) is 0.533. The van der Waals surface area contributed by atoms with E-state index in [2.05, 4.69) is 24.8 Å². The molecule has 3 rings (SSSR count). The van der Waals surface area contributed by atoms with E-state index >= 15 is 0 Å². The Bertz CT molecular complexity index is 591. The standard InChI is InChI=1S/C15H21N5OS/c1-19(7-4-15-16-5-8-22-15)13-9-14(18-11-17-13)20-6-2-3-12(20)10-21/h5,8-9,11-12,21H,2-4,6-7,10H2,1H3. The summed E-state index contributed by atoms with van der Waals surface area (Å²) in [6.07, 6.45) is 6.49. The zero-order chi connectivity index (χ0) is 15.4. The van der Waals surface area contributed by atoms with Gasteiger partial charge in [-0.05, 0) is 12.8 Å². The van der Waals surface area contributed by atoms with Crippen LogP contribution in [0.4, 0.5) is 11.6 Å². The minimum absolute atomic E-state index is 0.180. The molecule has 1 N–H and O–H groups in total. The summed E-state index contributed by atoms with van der Waals surface area (Å²) in [5, 5.41) is 12.6. The lowest BCUT2D eigenvalue weighted by Crippen LogP contribution is -2.33. The van der Waals surface area contributed by atoms with Crippen LogP contribution in [0.3, 0.4) is 0 Å². The average Bonchev–Trinajstić information content (AvgIpc) is 3.23. The highest BCUT2D eigenvalue weighted by Crippen LogP contribution is 2.25. The molecule has 1 unspecified atom stereocenters. The van der Waals surface area contributed by atoms with Gasteiger partial charge in [0.1, 0.15) is 18.0 Å². The van der Waals surface area contributed by atoms with Gasteiger partial charge in [0.25, 0.3) is 0 Å². The van der Waals surface area contributed by atoms with Gasteiger partial charge in [-0.25, -0.2) is 15.0 Å². The first kappa shape index (κ1) is 15.2. The number of aliphatic hydroxyl groups excluding tert-OH is 1. The fourth-order valence-corrected chi connectivity index (χ4v) is 3.39. The molecule has 1 atom stereocenters. The maximum absolute atomic E-state index is 9.46. The number of hydrogen-bond donors (Lipinski definition) is 1. The summed E-state index contributed by atoms with van der Waals surface area (Å²) in [5.41, 5.74) is 0. The summed E-state index contributed by atoms with van der Waals surface area (Å²) in [6, 6.07) is 2.19. The number of thiazole rings is 1. The molecule has 2 aromatic heterocycles. The molecule has 0 radical (unpaired) electrons. The van der Waals surface area contributed by atoms with Crippen molar-refractivity contribution in [2.24, 2.45) is 0 Å². The highest BCUT2D eigenvalue weighted by atomic mass is 32.1. The van der Waals surface area contributed by atoms with Crippen LogP contribution in [0.15, 0.2) is 24.0 Å². The van der Waals surface area contributed by atoms with Crippen molar-refractivity contribution in [2.75, 3.05) is 36.5 Å². The number of hydrogen-bond acceptors (Lipinski definition) is 7. The van der Waals surface area contributed by atoms with Crippen molar-refractivity contribution < 1.29 is 5.11 Å². The maximum Gasteiger partial charge on any atom is 0.134 e. The first-order valence-corrected chi connectivity index (χ1v) is 8.45. The van der Waals surface area contributed by atoms with E-state index in [0.29, 0.717) is 0 Å². The summed E-state index contributed by atoms with van der Waals surface area (Å²) in [5.74, 6) is 1.81. The Balaban J connectivity index is 1.67. The molecule has 1 saturated heterocycles. The van der Waals surface area contributed by atoms with Crippen LogP contribution in [-0.4, -0.2) is 52.8 Å². The average molecular weight is 319 g/mol. The second-order valence-electron chi connectivity index (χ2n) is 5.50. The molecule has 0 amide bonds. The Morgan fingerprint density at radius 1 is 1.41 bits per heavy atom. The molecule has 7 heteroatoms. The van der Waals surface area contributed by atoms with Crippen molar-refractivity contribution in [1.29, 1.82) is 0 Å². The third kappa shape index (κ3) is 3.36. The summed E-state index contributed by atoms with van der Waals surface area (Å²) >= 11 is 1.68. The van der Waals surface area contributed by atoms with Crippen molar-refractivity contribution in [2.45, 2.75) is 25.3 Å². The van der Waals surface area contributed by atoms with E-state index in [1.807, 2.05) is 24.7 Å². The Morgan fingerprint density at radius 2 is 2.32 bits per heavy atom. The van der Waals surface area contributed by atoms with Gasteiger partial charge in [-0.3, -0.25) is 0 Å². The van der Waals surface area contributed by atoms with Gasteiger partial charge in [0, 0.05) is 44.2 Å². The SMILES string of the molecule is CN(CCc1nccs1)c1cc(N2CCCC2CO)ncn1. The fourth-order valence-electron chi connectivity index (χ4n) is 2.78. The second-order valence-corrected chi connectivity index (χ2v) is 6.48. The Morgan fingerprint density at radius 3 is 3.09 bits per heavy atom. The van der Waals surface area contributed by atoms with E-state index < -0.39 is 0 Å². The number of rotatable bonds is 6. The van der Waals surface area contributed by atoms with Gasteiger partial charge < -0.3 is 14.9 Å². The number of nitrogens with zero attached hydrogens (tertiary/aromatic N) is 5. The number of likely N-dealkylation sites (N-methyl/N-ethyl adjacent to an activating group) is 1. The summed E-state index contributed by atoms with van der Waals surface area (Å²) in [7, 11) is 2.03. The molecule has 6 nitrogen and oxygen atoms in total. The zero-order valence-electron chi connectivity index (χ0n) is 12.7. The molecule has 0 aliphatic carbocycles. The number of aliphatic hydroxyl groups is 1. The van der Waals surface area contributed by atoms with E-state index in [4.69, 9.17) is 0 Å². The van der Waals surface area contributed by atoms with Gasteiger partial charge in [0.15, 0.2) is 0 Å². The molecule has 1 aliphatic rings. The van der Waals surface area contributed by atoms with Crippen molar-refractivity contribution in [3.05, 3.63) is 29.0 Å². The van der Waals surface area contributed by atoms with Crippen molar-refractivity contribution >= 4 is 23.0 Å². The minimum Gasteiger partial charge on any atom is -0.394 e. The monoisotopic (exact) mass is 319 g/mol. The Hall–Kier alpha value is -1.73. The largest absolute Gasteiger partial charge is 0.394 e. The van der Waals surface area contributed by atoms with Gasteiger partial charge in [-0.15, -0.1) is 11.3 Å². The molecule has 1 aliphatic heterocycles. The summed E-state index contributed by atoms with van der Waals surface area (Å²) in [6.45, 7) is 2.00. The number of aromatic nitrogens is 3. The highest BCUT2D eigenvalue weighted by Gasteiger charge is 2.25. The Labute approximate surface area is 134 Å². The van der Waals surface area contributed by atoms with Gasteiger partial charge in [0.05, 0.1) is 17.7 Å². The molecule has 118 valence electrons. The van der Waals surface area contributed by atoms with E-state index in [9.17, 15) is 5.11 Å². The topological polar surface area (TPSA) is 65.4 Å². The summed E-state index contributed by atoms with van der Waals surface area (Å²) in [4.78, 5) is 17.4. The molecule has 22 heavy (non-hydrogen) atoms. The van der Waals surface area contributed by atoms with Crippen LogP contribution in [0.5, 0.6) is 0 Å². The molecular formula is C15H21N5OS. The summed E-state index contributed by atoms with van der Waals surface area (Å²) < 4.78 is 0. The zero-order valence-corrected chi connectivity index (χ0v) is 13.5. The van der Waals surface area contributed by atoms with E-state index in [1.54, 1.807) is 17.7 Å². The lowest BCUT2D eigenvalue weighted by atomic mass is 10.2. The molecule has 0 bridgehead atoms. The molecule has 2 aromatic rings. The van der Waals surface area contributed by atoms with Crippen LogP contribution in [0.1, 0.15) is 17.8 Å². The maximum atomic E-state index is 9.46. The number of anilines is 2. The molecule has 1 fully saturated rings. The highest BCUT2D eigenvalue weighted by molar-refractivity contribution is 7.09. The van der Waals surface area contributed by atoms with Gasteiger partial charge >= 0.3 is 0 Å². The smallest absolute Gasteiger partial charge is 0.134 e. The van der Waals surface area contributed by atoms with Crippen LogP contribution >= 0.6 is 11.3 Å². The van der Waals surface area contributed by atoms with E-state index in [0.717, 1.165) is 49.0 Å². The predicted octanol–water partition coefficient (Wildman–Crippen LogP) is 1.57. The van der Waals surface area contributed by atoms with Crippen LogP contribution in [-0.2, 0) is 6.42 Å². The van der Waals surface area contributed by atoms with Gasteiger partial charge in [0.2, 0.25) is 0 Å². The quantitative estimate of drug-likeness (QED) is 0.872. The lowest BCUT2D eigenvalue weighted by Gasteiger charge is -2.25. The van der Waals surface area contributed by atoms with Gasteiger partial charge in [-0.1, -0.05) is 0 Å². The molecule has 0 saturated carbocycles. The van der Waals surface area contributed by atoms with Crippen molar-refractivity contribution in [3.8, 4) is 0 Å². The van der Waals surface area contributed by atoms with Crippen LogP contribution in [0.2, 0.25) is 0 Å². The van der Waals surface area contributed by atoms with E-state index in [-0.39, 0.29) is 12.6 Å². The molecule has 0 spiro atoms. The predicted molar refractivity (Wildman–Crippen MR) is 88.6 cm³/mol. The van der Waals surface area contributed by atoms with Crippen LogP contribution in [0, 0.1) is 0 Å². The molecular weight excluding hydrogens is 298 g/mol. The molecule has 0 aromatic carbocycles. The van der Waals surface area contributed by atoms with Crippen molar-refractivity contribution in [3.63, 3.8) is 0 Å². The normalized spacial score (nSPS) is 17.9. The van der Waals surface area contributed by atoms with Crippen LogP contribution < -0.4 is 9.80 Å². The first-order chi connectivity index (χ1) is 10.8. The Kier molecular flexibility index (Phi) is 4.84.